The molecule has 1 N–H and O–H groups in total. The van der Waals surface area contributed by atoms with Crippen LogP contribution < -0.4 is 15.0 Å². The lowest BCUT2D eigenvalue weighted by Gasteiger charge is -2.29. The van der Waals surface area contributed by atoms with Crippen molar-refractivity contribution in [3.8, 4) is 5.75 Å². The molecule has 3 aromatic rings. The van der Waals surface area contributed by atoms with Gasteiger partial charge in [-0.15, -0.1) is 0 Å². The molecule has 7 heteroatoms. The van der Waals surface area contributed by atoms with Crippen molar-refractivity contribution in [3.05, 3.63) is 54.1 Å². The van der Waals surface area contributed by atoms with Crippen molar-refractivity contribution >= 4 is 45.9 Å². The van der Waals surface area contributed by atoms with Crippen LogP contribution in [-0.4, -0.2) is 36.2 Å². The van der Waals surface area contributed by atoms with Crippen LogP contribution in [0, 0.1) is 0 Å². The van der Waals surface area contributed by atoms with Gasteiger partial charge in [-0.3, -0.25) is 9.59 Å². The Kier molecular flexibility index (Phi) is 5.40. The molecule has 2 heterocycles. The van der Waals surface area contributed by atoms with Crippen LogP contribution >= 0.6 is 11.8 Å². The van der Waals surface area contributed by atoms with E-state index in [2.05, 4.69) is 18.3 Å². The summed E-state index contributed by atoms with van der Waals surface area (Å²) in [6.45, 7) is 2.10. The van der Waals surface area contributed by atoms with Crippen molar-refractivity contribution in [1.29, 1.82) is 0 Å². The van der Waals surface area contributed by atoms with Gasteiger partial charge in [-0.05, 0) is 48.4 Å². The Morgan fingerprint density at radius 3 is 2.86 bits per heavy atom. The third kappa shape index (κ3) is 3.91. The summed E-state index contributed by atoms with van der Waals surface area (Å²) >= 11 is 1.41. The highest BCUT2D eigenvalue weighted by molar-refractivity contribution is 8.00. The first-order valence-corrected chi connectivity index (χ1v) is 10.4. The fourth-order valence-electron chi connectivity index (χ4n) is 3.35. The average molecular weight is 407 g/mol. The van der Waals surface area contributed by atoms with E-state index in [-0.39, 0.29) is 24.1 Å². The molecule has 2 amide bonds. The Morgan fingerprint density at radius 2 is 2.07 bits per heavy atom. The highest BCUT2D eigenvalue weighted by Crippen LogP contribution is 2.31. The normalized spacial score (nSPS) is 13.2. The van der Waals surface area contributed by atoms with Crippen LogP contribution in [0.1, 0.15) is 12.5 Å². The largest absolute Gasteiger partial charge is 0.497 e. The molecule has 1 aromatic heterocycles. The molecule has 0 radical (unpaired) electrons. The van der Waals surface area contributed by atoms with E-state index in [0.717, 1.165) is 39.4 Å². The van der Waals surface area contributed by atoms with Crippen LogP contribution in [0.25, 0.3) is 10.9 Å². The van der Waals surface area contributed by atoms with Crippen molar-refractivity contribution < 1.29 is 14.3 Å². The zero-order valence-corrected chi connectivity index (χ0v) is 17.1. The van der Waals surface area contributed by atoms with Gasteiger partial charge in [0.1, 0.15) is 17.3 Å². The maximum atomic E-state index is 12.9. The van der Waals surface area contributed by atoms with Gasteiger partial charge in [-0.1, -0.05) is 30.8 Å². The maximum Gasteiger partial charge on any atom is 0.244 e. The number of benzene rings is 2. The van der Waals surface area contributed by atoms with Crippen molar-refractivity contribution in [2.45, 2.75) is 18.4 Å². The van der Waals surface area contributed by atoms with Crippen LogP contribution in [0.15, 0.2) is 53.6 Å². The first kappa shape index (κ1) is 19.3. The average Bonchev–Trinajstić information content (AvgIpc) is 2.75. The number of fused-ring (bicyclic) bond motifs is 2. The lowest BCUT2D eigenvalue weighted by molar-refractivity contribution is -0.120. The minimum absolute atomic E-state index is 0.0297. The van der Waals surface area contributed by atoms with E-state index in [0.29, 0.717) is 5.69 Å². The summed E-state index contributed by atoms with van der Waals surface area (Å²) in [7, 11) is 1.64. The lowest BCUT2D eigenvalue weighted by atomic mass is 10.1. The number of anilines is 2. The number of hydrogen-bond donors (Lipinski definition) is 1. The number of carbonyl (C=O) groups is 2. The number of ether oxygens (including phenoxy) is 1. The molecule has 0 fully saturated rings. The summed E-state index contributed by atoms with van der Waals surface area (Å²) in [6, 6.07) is 15.2. The second-order valence-electron chi connectivity index (χ2n) is 6.70. The van der Waals surface area contributed by atoms with Crippen molar-refractivity contribution in [2.75, 3.05) is 29.6 Å². The number of amides is 2. The molecule has 29 heavy (non-hydrogen) atoms. The van der Waals surface area contributed by atoms with Gasteiger partial charge in [-0.2, -0.15) is 0 Å². The first-order valence-electron chi connectivity index (χ1n) is 9.38. The molecule has 0 saturated carbocycles. The molecule has 0 aliphatic carbocycles. The summed E-state index contributed by atoms with van der Waals surface area (Å²) in [4.78, 5) is 31.2. The van der Waals surface area contributed by atoms with E-state index in [9.17, 15) is 9.59 Å². The van der Waals surface area contributed by atoms with E-state index < -0.39 is 0 Å². The molecular formula is C22H21N3O3S. The third-order valence-electron chi connectivity index (χ3n) is 4.85. The van der Waals surface area contributed by atoms with Gasteiger partial charge in [0.2, 0.25) is 11.8 Å². The molecule has 148 valence electrons. The number of rotatable bonds is 5. The van der Waals surface area contributed by atoms with Crippen molar-refractivity contribution in [3.63, 3.8) is 0 Å². The van der Waals surface area contributed by atoms with Crippen LogP contribution in [0.2, 0.25) is 0 Å². The molecule has 0 spiro atoms. The number of thioether (sulfide) groups is 1. The Bertz CT molecular complexity index is 1100. The maximum absolute atomic E-state index is 12.9. The number of nitrogens with one attached hydrogen (secondary N) is 1. The molecule has 0 saturated heterocycles. The zero-order valence-electron chi connectivity index (χ0n) is 16.3. The number of aryl methyl sites for hydroxylation is 1. The number of pyridine rings is 1. The Morgan fingerprint density at radius 1 is 1.24 bits per heavy atom. The topological polar surface area (TPSA) is 71.5 Å². The quantitative estimate of drug-likeness (QED) is 0.650. The zero-order chi connectivity index (χ0) is 20.4. The summed E-state index contributed by atoms with van der Waals surface area (Å²) in [6.07, 6.45) is 0.811. The van der Waals surface area contributed by atoms with Gasteiger partial charge in [0.15, 0.2) is 0 Å². The van der Waals surface area contributed by atoms with Crippen LogP contribution in [0.4, 0.5) is 11.4 Å². The highest BCUT2D eigenvalue weighted by atomic mass is 32.2. The second kappa shape index (κ2) is 8.13. The SMILES string of the molecule is CCc1cc2cc(OC)ccc2nc1SCC(=O)N1CC(=O)Nc2ccccc21. The van der Waals surface area contributed by atoms with Gasteiger partial charge in [-0.25, -0.2) is 4.98 Å². The van der Waals surface area contributed by atoms with Crippen molar-refractivity contribution in [1.82, 2.24) is 4.98 Å². The molecule has 1 aliphatic rings. The third-order valence-corrected chi connectivity index (χ3v) is 5.86. The van der Waals surface area contributed by atoms with Gasteiger partial charge in [0, 0.05) is 5.39 Å². The molecule has 6 nitrogen and oxygen atoms in total. The van der Waals surface area contributed by atoms with E-state index in [4.69, 9.17) is 9.72 Å². The minimum Gasteiger partial charge on any atom is -0.497 e. The van der Waals surface area contributed by atoms with Gasteiger partial charge >= 0.3 is 0 Å². The summed E-state index contributed by atoms with van der Waals surface area (Å²) in [5.74, 6) is 0.701. The van der Waals surface area contributed by atoms with E-state index in [1.165, 1.54) is 11.8 Å². The van der Waals surface area contributed by atoms with Crippen LogP contribution in [-0.2, 0) is 16.0 Å². The summed E-state index contributed by atoms with van der Waals surface area (Å²) in [5.41, 5.74) is 3.34. The highest BCUT2D eigenvalue weighted by Gasteiger charge is 2.26. The predicted molar refractivity (Wildman–Crippen MR) is 116 cm³/mol. The number of para-hydroxylation sites is 2. The minimum atomic E-state index is -0.186. The van der Waals surface area contributed by atoms with Gasteiger partial charge in [0.05, 0.1) is 29.8 Å². The molecule has 4 rings (SSSR count). The Labute approximate surface area is 173 Å². The molecule has 0 unspecified atom stereocenters. The second-order valence-corrected chi connectivity index (χ2v) is 7.66. The van der Waals surface area contributed by atoms with E-state index in [1.807, 2.05) is 36.4 Å². The molecular weight excluding hydrogens is 386 g/mol. The summed E-state index contributed by atoms with van der Waals surface area (Å²) < 4.78 is 5.29. The monoisotopic (exact) mass is 407 g/mol. The van der Waals surface area contributed by atoms with Crippen LogP contribution in [0.5, 0.6) is 5.75 Å². The van der Waals surface area contributed by atoms with Crippen LogP contribution in [0.3, 0.4) is 0 Å². The lowest BCUT2D eigenvalue weighted by Crippen LogP contribution is -2.43. The predicted octanol–water partition coefficient (Wildman–Crippen LogP) is 3.88. The Hall–Kier alpha value is -3.06. The van der Waals surface area contributed by atoms with E-state index >= 15 is 0 Å². The van der Waals surface area contributed by atoms with Gasteiger partial charge < -0.3 is 15.0 Å². The number of hydrogen-bond acceptors (Lipinski definition) is 5. The fraction of sp³-hybridized carbons (Fsp3) is 0.227. The number of nitrogens with zero attached hydrogens (tertiary/aromatic N) is 2. The van der Waals surface area contributed by atoms with Gasteiger partial charge in [0.25, 0.3) is 0 Å². The molecule has 2 aromatic carbocycles. The summed E-state index contributed by atoms with van der Waals surface area (Å²) in [5, 5.41) is 4.66. The smallest absolute Gasteiger partial charge is 0.244 e. The Balaban J connectivity index is 1.56. The molecule has 0 bridgehead atoms. The standard InChI is InChI=1S/C22H21N3O3S/c1-3-14-10-15-11-16(28-2)8-9-17(15)24-22(14)29-13-21(27)25-12-20(26)23-18-6-4-5-7-19(18)25/h4-11H,3,12-13H2,1-2H3,(H,23,26). The number of aromatic nitrogens is 1. The molecule has 0 atom stereocenters. The molecule has 1 aliphatic heterocycles. The number of carbonyl (C=O) groups excluding carboxylic acids is 2. The number of methoxy groups -OCH3 is 1. The van der Waals surface area contributed by atoms with E-state index in [1.54, 1.807) is 18.1 Å². The fourth-order valence-corrected chi connectivity index (χ4v) is 4.32. The van der Waals surface area contributed by atoms with Crippen molar-refractivity contribution in [2.24, 2.45) is 0 Å². The first-order chi connectivity index (χ1) is 14.1.